The van der Waals surface area contributed by atoms with Crippen molar-refractivity contribution in [1.29, 1.82) is 0 Å². The van der Waals surface area contributed by atoms with Gasteiger partial charge in [0.1, 0.15) is 4.90 Å². The van der Waals surface area contributed by atoms with Gasteiger partial charge in [-0.3, -0.25) is 9.36 Å². The molecule has 2 aromatic heterocycles. The first-order valence-corrected chi connectivity index (χ1v) is 8.19. The summed E-state index contributed by atoms with van der Waals surface area (Å²) in [6.07, 6.45) is 3.28. The van der Waals surface area contributed by atoms with Crippen molar-refractivity contribution >= 4 is 10.0 Å². The second-order valence-corrected chi connectivity index (χ2v) is 7.09. The number of rotatable bonds is 5. The van der Waals surface area contributed by atoms with Gasteiger partial charge in [0.2, 0.25) is 10.0 Å². The van der Waals surface area contributed by atoms with Crippen LogP contribution in [0, 0.1) is 13.8 Å². The van der Waals surface area contributed by atoms with Crippen LogP contribution in [-0.2, 0) is 30.2 Å². The molecule has 8 heteroatoms. The van der Waals surface area contributed by atoms with Gasteiger partial charge in [-0.2, -0.15) is 14.5 Å². The molecule has 2 aromatic rings. The maximum Gasteiger partial charge on any atom is 0.246 e. The Labute approximate surface area is 125 Å². The van der Waals surface area contributed by atoms with Gasteiger partial charge in [0.05, 0.1) is 17.6 Å². The molecule has 0 aromatic carbocycles. The standard InChI is InChI=1S/C13H21N5O2S/c1-6-18-9-12(10(2)15-18)8-16(4)21(19,20)13-7-14-17(5)11(13)3/h7,9H,6,8H2,1-5H3. The first kappa shape index (κ1) is 15.7. The maximum absolute atomic E-state index is 12.6. The second-order valence-electron chi connectivity index (χ2n) is 5.07. The maximum atomic E-state index is 12.6. The lowest BCUT2D eigenvalue weighted by molar-refractivity contribution is 0.465. The number of hydrogen-bond donors (Lipinski definition) is 0. The lowest BCUT2D eigenvalue weighted by atomic mass is 10.3. The zero-order chi connectivity index (χ0) is 15.8. The van der Waals surface area contributed by atoms with Crippen LogP contribution in [0.5, 0.6) is 0 Å². The molecular formula is C13H21N5O2S. The van der Waals surface area contributed by atoms with Gasteiger partial charge in [0.15, 0.2) is 0 Å². The highest BCUT2D eigenvalue weighted by atomic mass is 32.2. The Hall–Kier alpha value is -1.67. The van der Waals surface area contributed by atoms with E-state index in [0.717, 1.165) is 17.8 Å². The zero-order valence-corrected chi connectivity index (χ0v) is 13.8. The highest BCUT2D eigenvalue weighted by Crippen LogP contribution is 2.20. The van der Waals surface area contributed by atoms with E-state index in [9.17, 15) is 8.42 Å². The molecule has 0 aliphatic rings. The van der Waals surface area contributed by atoms with Gasteiger partial charge in [-0.15, -0.1) is 0 Å². The molecule has 0 atom stereocenters. The van der Waals surface area contributed by atoms with E-state index in [1.165, 1.54) is 10.5 Å². The lowest BCUT2D eigenvalue weighted by Gasteiger charge is -2.16. The Morgan fingerprint density at radius 3 is 2.48 bits per heavy atom. The number of aryl methyl sites for hydroxylation is 3. The SMILES string of the molecule is CCn1cc(CN(C)S(=O)(=O)c2cnn(C)c2C)c(C)n1. The van der Waals surface area contributed by atoms with Crippen LogP contribution in [0.4, 0.5) is 0 Å². The predicted octanol–water partition coefficient (Wildman–Crippen LogP) is 1.07. The van der Waals surface area contributed by atoms with E-state index in [1.54, 1.807) is 30.4 Å². The van der Waals surface area contributed by atoms with Crippen LogP contribution in [0.1, 0.15) is 23.9 Å². The van der Waals surface area contributed by atoms with Crippen LogP contribution >= 0.6 is 0 Å². The number of aromatic nitrogens is 4. The van der Waals surface area contributed by atoms with E-state index in [-0.39, 0.29) is 4.90 Å². The van der Waals surface area contributed by atoms with Crippen molar-refractivity contribution in [3.05, 3.63) is 29.3 Å². The molecule has 0 fully saturated rings. The van der Waals surface area contributed by atoms with Crippen LogP contribution in [0.15, 0.2) is 17.3 Å². The molecule has 0 N–H and O–H groups in total. The minimum absolute atomic E-state index is 0.244. The summed E-state index contributed by atoms with van der Waals surface area (Å²) in [5, 5.41) is 8.34. The fourth-order valence-corrected chi connectivity index (χ4v) is 3.43. The van der Waals surface area contributed by atoms with Gasteiger partial charge in [0, 0.05) is 38.9 Å². The van der Waals surface area contributed by atoms with E-state index in [1.807, 2.05) is 20.0 Å². The summed E-state index contributed by atoms with van der Waals surface area (Å²) >= 11 is 0. The van der Waals surface area contributed by atoms with Gasteiger partial charge in [-0.25, -0.2) is 8.42 Å². The number of nitrogens with zero attached hydrogens (tertiary/aromatic N) is 5. The minimum atomic E-state index is -3.55. The summed E-state index contributed by atoms with van der Waals surface area (Å²) in [7, 11) is -0.248. The number of hydrogen-bond acceptors (Lipinski definition) is 4. The molecule has 0 aliphatic carbocycles. The van der Waals surface area contributed by atoms with Crippen molar-refractivity contribution in [1.82, 2.24) is 23.9 Å². The van der Waals surface area contributed by atoms with Crippen molar-refractivity contribution in [2.24, 2.45) is 7.05 Å². The van der Waals surface area contributed by atoms with Gasteiger partial charge in [0.25, 0.3) is 0 Å². The monoisotopic (exact) mass is 311 g/mol. The first-order valence-electron chi connectivity index (χ1n) is 6.75. The van der Waals surface area contributed by atoms with Crippen molar-refractivity contribution in [3.8, 4) is 0 Å². The van der Waals surface area contributed by atoms with Crippen molar-refractivity contribution in [2.75, 3.05) is 7.05 Å². The fourth-order valence-electron chi connectivity index (χ4n) is 2.10. The Bertz CT molecular complexity index is 745. The third kappa shape index (κ3) is 2.86. The van der Waals surface area contributed by atoms with Gasteiger partial charge < -0.3 is 0 Å². The van der Waals surface area contributed by atoms with Crippen molar-refractivity contribution < 1.29 is 8.42 Å². The third-order valence-electron chi connectivity index (χ3n) is 3.64. The summed E-state index contributed by atoms with van der Waals surface area (Å²) < 4.78 is 29.9. The minimum Gasteiger partial charge on any atom is -0.272 e. The topological polar surface area (TPSA) is 73.0 Å². The smallest absolute Gasteiger partial charge is 0.246 e. The molecule has 0 spiro atoms. The van der Waals surface area contributed by atoms with Crippen LogP contribution in [0.3, 0.4) is 0 Å². The Balaban J connectivity index is 2.28. The normalized spacial score (nSPS) is 12.3. The fraction of sp³-hybridized carbons (Fsp3) is 0.538. The lowest BCUT2D eigenvalue weighted by Crippen LogP contribution is -2.27. The third-order valence-corrected chi connectivity index (χ3v) is 5.55. The van der Waals surface area contributed by atoms with Crippen LogP contribution < -0.4 is 0 Å². The molecular weight excluding hydrogens is 290 g/mol. The van der Waals surface area contributed by atoms with E-state index in [2.05, 4.69) is 10.2 Å². The largest absolute Gasteiger partial charge is 0.272 e. The Morgan fingerprint density at radius 1 is 1.33 bits per heavy atom. The second kappa shape index (κ2) is 5.61. The summed E-state index contributed by atoms with van der Waals surface area (Å²) in [4.78, 5) is 0.244. The van der Waals surface area contributed by atoms with Gasteiger partial charge in [-0.1, -0.05) is 0 Å². The molecule has 7 nitrogen and oxygen atoms in total. The van der Waals surface area contributed by atoms with E-state index in [0.29, 0.717) is 12.2 Å². The quantitative estimate of drug-likeness (QED) is 0.828. The van der Waals surface area contributed by atoms with E-state index >= 15 is 0 Å². The summed E-state index contributed by atoms with van der Waals surface area (Å²) in [6, 6.07) is 0. The van der Waals surface area contributed by atoms with Crippen molar-refractivity contribution in [3.63, 3.8) is 0 Å². The highest BCUT2D eigenvalue weighted by molar-refractivity contribution is 7.89. The zero-order valence-electron chi connectivity index (χ0n) is 13.0. The van der Waals surface area contributed by atoms with Gasteiger partial charge in [-0.05, 0) is 20.8 Å². The molecule has 0 unspecified atom stereocenters. The molecule has 2 heterocycles. The predicted molar refractivity (Wildman–Crippen MR) is 79.2 cm³/mol. The average molecular weight is 311 g/mol. The molecule has 0 radical (unpaired) electrons. The molecule has 2 rings (SSSR count). The average Bonchev–Trinajstić information content (AvgIpc) is 2.94. The highest BCUT2D eigenvalue weighted by Gasteiger charge is 2.26. The molecule has 0 amide bonds. The van der Waals surface area contributed by atoms with Crippen LogP contribution in [0.2, 0.25) is 0 Å². The van der Waals surface area contributed by atoms with Crippen LogP contribution in [0.25, 0.3) is 0 Å². The molecule has 21 heavy (non-hydrogen) atoms. The first-order chi connectivity index (χ1) is 9.77. The van der Waals surface area contributed by atoms with Crippen molar-refractivity contribution in [2.45, 2.75) is 38.8 Å². The molecule has 116 valence electrons. The van der Waals surface area contributed by atoms with E-state index < -0.39 is 10.0 Å². The molecule has 0 saturated carbocycles. The van der Waals surface area contributed by atoms with E-state index in [4.69, 9.17) is 0 Å². The summed E-state index contributed by atoms with van der Waals surface area (Å²) in [6.45, 7) is 6.68. The van der Waals surface area contributed by atoms with Gasteiger partial charge >= 0.3 is 0 Å². The summed E-state index contributed by atoms with van der Waals surface area (Å²) in [5.74, 6) is 0. The summed E-state index contributed by atoms with van der Waals surface area (Å²) in [5.41, 5.74) is 2.38. The molecule has 0 bridgehead atoms. The van der Waals surface area contributed by atoms with Crippen LogP contribution in [-0.4, -0.2) is 39.3 Å². The molecule has 0 saturated heterocycles. The molecule has 0 aliphatic heterocycles. The number of sulfonamides is 1. The Kier molecular flexibility index (Phi) is 4.20. The Morgan fingerprint density at radius 2 is 2.00 bits per heavy atom.